The predicted octanol–water partition coefficient (Wildman–Crippen LogP) is 0.235. The lowest BCUT2D eigenvalue weighted by Gasteiger charge is -2.41. The molecule has 0 spiro atoms. The van der Waals surface area contributed by atoms with Gasteiger partial charge in [-0.25, -0.2) is 0 Å². The first-order valence-electron chi connectivity index (χ1n) is 8.20. The molecule has 4 N–H and O–H groups in total. The second-order valence-corrected chi connectivity index (χ2v) is 6.18. The van der Waals surface area contributed by atoms with E-state index in [1.807, 2.05) is 6.92 Å². The van der Waals surface area contributed by atoms with Crippen molar-refractivity contribution in [2.24, 2.45) is 0 Å². The minimum absolute atomic E-state index is 0.144. The standard InChI is InChI=1S/C17H26O6/c1-3-5-10-7-12(19)11(6-9(10)4-2)17-16(22)15(21)14(20)13(8-18)23-17/h6,13-18,20-22H,3-5,7-8H2,1-2H3. The van der Waals surface area contributed by atoms with Crippen molar-refractivity contribution in [2.45, 2.75) is 70.1 Å². The lowest BCUT2D eigenvalue weighted by Crippen LogP contribution is -2.59. The van der Waals surface area contributed by atoms with Crippen LogP contribution in [-0.4, -0.2) is 63.3 Å². The molecule has 1 aliphatic heterocycles. The van der Waals surface area contributed by atoms with Crippen molar-refractivity contribution in [3.05, 3.63) is 22.8 Å². The number of carbonyl (C=O) groups excluding carboxylic acids is 1. The van der Waals surface area contributed by atoms with Gasteiger partial charge in [-0.05, 0) is 24.5 Å². The van der Waals surface area contributed by atoms with E-state index in [2.05, 4.69) is 6.92 Å². The van der Waals surface area contributed by atoms with E-state index in [1.54, 1.807) is 6.08 Å². The summed E-state index contributed by atoms with van der Waals surface area (Å²) in [5.41, 5.74) is 2.46. The van der Waals surface area contributed by atoms with E-state index < -0.39 is 37.1 Å². The number of rotatable bonds is 5. The normalized spacial score (nSPS) is 35.5. The van der Waals surface area contributed by atoms with Crippen molar-refractivity contribution in [3.63, 3.8) is 0 Å². The maximum absolute atomic E-state index is 12.5. The van der Waals surface area contributed by atoms with Gasteiger partial charge >= 0.3 is 0 Å². The Morgan fingerprint density at radius 1 is 1.17 bits per heavy atom. The zero-order valence-corrected chi connectivity index (χ0v) is 13.6. The lowest BCUT2D eigenvalue weighted by atomic mass is 9.82. The fourth-order valence-corrected chi connectivity index (χ4v) is 3.28. The van der Waals surface area contributed by atoms with Gasteiger partial charge in [0.15, 0.2) is 5.78 Å². The molecule has 0 amide bonds. The molecule has 0 aromatic carbocycles. The van der Waals surface area contributed by atoms with Gasteiger partial charge in [0.25, 0.3) is 0 Å². The van der Waals surface area contributed by atoms with Crippen LogP contribution in [0.2, 0.25) is 0 Å². The van der Waals surface area contributed by atoms with E-state index in [-0.39, 0.29) is 12.2 Å². The van der Waals surface area contributed by atoms with Crippen molar-refractivity contribution in [3.8, 4) is 0 Å². The van der Waals surface area contributed by atoms with Gasteiger partial charge in [-0.1, -0.05) is 25.8 Å². The minimum atomic E-state index is -1.47. The number of hydrogen-bond acceptors (Lipinski definition) is 6. The zero-order valence-electron chi connectivity index (χ0n) is 13.6. The van der Waals surface area contributed by atoms with Gasteiger partial charge in [0.1, 0.15) is 30.5 Å². The molecule has 1 aliphatic carbocycles. The Kier molecular flexibility index (Phi) is 6.11. The summed E-state index contributed by atoms with van der Waals surface area (Å²) in [6.07, 6.45) is -1.73. The highest BCUT2D eigenvalue weighted by molar-refractivity contribution is 6.00. The van der Waals surface area contributed by atoms with Crippen LogP contribution in [0.25, 0.3) is 0 Å². The van der Waals surface area contributed by atoms with Gasteiger partial charge in [0.2, 0.25) is 0 Å². The molecule has 6 nitrogen and oxygen atoms in total. The average molecular weight is 326 g/mol. The van der Waals surface area contributed by atoms with Gasteiger partial charge in [-0.3, -0.25) is 4.79 Å². The summed E-state index contributed by atoms with van der Waals surface area (Å²) in [4.78, 5) is 12.5. The number of Topliss-reactive ketones (excluding diaryl/α,β-unsaturated/α-hetero) is 1. The maximum atomic E-state index is 12.5. The minimum Gasteiger partial charge on any atom is -0.394 e. The summed E-state index contributed by atoms with van der Waals surface area (Å²) in [6.45, 7) is 3.56. The summed E-state index contributed by atoms with van der Waals surface area (Å²) in [5, 5.41) is 39.2. The van der Waals surface area contributed by atoms with Crippen LogP contribution < -0.4 is 0 Å². The summed E-state index contributed by atoms with van der Waals surface area (Å²) >= 11 is 0. The van der Waals surface area contributed by atoms with Crippen LogP contribution in [0.5, 0.6) is 0 Å². The highest BCUT2D eigenvalue weighted by Crippen LogP contribution is 2.33. The van der Waals surface area contributed by atoms with E-state index in [9.17, 15) is 25.2 Å². The van der Waals surface area contributed by atoms with E-state index in [0.29, 0.717) is 5.57 Å². The topological polar surface area (TPSA) is 107 Å². The van der Waals surface area contributed by atoms with Crippen molar-refractivity contribution < 1.29 is 30.0 Å². The van der Waals surface area contributed by atoms with Crippen LogP contribution in [-0.2, 0) is 9.53 Å². The molecule has 5 atom stereocenters. The fourth-order valence-electron chi connectivity index (χ4n) is 3.28. The Balaban J connectivity index is 2.33. The quantitative estimate of drug-likeness (QED) is 0.576. The molecule has 0 bridgehead atoms. The van der Waals surface area contributed by atoms with Crippen molar-refractivity contribution in [1.82, 2.24) is 0 Å². The van der Waals surface area contributed by atoms with Crippen LogP contribution in [0, 0.1) is 0 Å². The average Bonchev–Trinajstić information content (AvgIpc) is 2.54. The summed E-state index contributed by atoms with van der Waals surface area (Å²) in [5.74, 6) is -0.144. The number of allylic oxidation sites excluding steroid dienone is 3. The number of ether oxygens (including phenoxy) is 1. The number of carbonyl (C=O) groups is 1. The third kappa shape index (κ3) is 3.56. The van der Waals surface area contributed by atoms with Gasteiger partial charge < -0.3 is 25.2 Å². The molecule has 1 heterocycles. The molecule has 1 fully saturated rings. The highest BCUT2D eigenvalue weighted by atomic mass is 16.5. The van der Waals surface area contributed by atoms with E-state index in [1.165, 1.54) is 0 Å². The monoisotopic (exact) mass is 326 g/mol. The first-order valence-corrected chi connectivity index (χ1v) is 8.20. The summed E-state index contributed by atoms with van der Waals surface area (Å²) in [6, 6.07) is 0. The molecule has 0 radical (unpaired) electrons. The molecule has 0 aromatic rings. The smallest absolute Gasteiger partial charge is 0.165 e. The molecule has 2 aliphatic rings. The second-order valence-electron chi connectivity index (χ2n) is 6.18. The Bertz CT molecular complexity index is 507. The molecule has 2 rings (SSSR count). The zero-order chi connectivity index (χ0) is 17.1. The molecule has 1 saturated heterocycles. The molecule has 0 aromatic heterocycles. The van der Waals surface area contributed by atoms with Crippen molar-refractivity contribution in [1.29, 1.82) is 0 Å². The van der Waals surface area contributed by atoms with Crippen LogP contribution >= 0.6 is 0 Å². The molecule has 130 valence electrons. The molecule has 5 unspecified atom stereocenters. The Morgan fingerprint density at radius 3 is 2.43 bits per heavy atom. The Morgan fingerprint density at radius 2 is 1.87 bits per heavy atom. The van der Waals surface area contributed by atoms with Crippen LogP contribution in [0.3, 0.4) is 0 Å². The van der Waals surface area contributed by atoms with E-state index in [4.69, 9.17) is 4.74 Å². The highest BCUT2D eigenvalue weighted by Gasteiger charge is 2.46. The number of hydrogen-bond donors (Lipinski definition) is 4. The molecule has 23 heavy (non-hydrogen) atoms. The molecular formula is C17H26O6. The first kappa shape index (κ1) is 18.3. The van der Waals surface area contributed by atoms with Gasteiger partial charge in [0, 0.05) is 12.0 Å². The Hall–Kier alpha value is -1.05. The number of aliphatic hydroxyl groups is 4. The number of aliphatic hydroxyl groups excluding tert-OH is 4. The van der Waals surface area contributed by atoms with Crippen molar-refractivity contribution in [2.75, 3.05) is 6.61 Å². The molecule has 6 heteroatoms. The van der Waals surface area contributed by atoms with E-state index >= 15 is 0 Å². The lowest BCUT2D eigenvalue weighted by molar-refractivity contribution is -0.219. The molecular weight excluding hydrogens is 300 g/mol. The number of ketones is 1. The molecule has 0 saturated carbocycles. The summed E-state index contributed by atoms with van der Waals surface area (Å²) in [7, 11) is 0. The van der Waals surface area contributed by atoms with Crippen LogP contribution in [0.1, 0.15) is 39.5 Å². The predicted molar refractivity (Wildman–Crippen MR) is 83.7 cm³/mol. The Labute approximate surface area is 136 Å². The third-order valence-corrected chi connectivity index (χ3v) is 4.61. The summed E-state index contributed by atoms with van der Waals surface area (Å²) < 4.78 is 5.51. The van der Waals surface area contributed by atoms with Gasteiger partial charge in [0.05, 0.1) is 6.61 Å². The second kappa shape index (κ2) is 7.68. The fraction of sp³-hybridized carbons (Fsp3) is 0.706. The van der Waals surface area contributed by atoms with Crippen LogP contribution in [0.4, 0.5) is 0 Å². The third-order valence-electron chi connectivity index (χ3n) is 4.61. The largest absolute Gasteiger partial charge is 0.394 e. The van der Waals surface area contributed by atoms with E-state index in [0.717, 1.165) is 30.4 Å². The van der Waals surface area contributed by atoms with Gasteiger partial charge in [-0.2, -0.15) is 0 Å². The SMILES string of the molecule is CCCC1=C(CC)C=C(C2OC(CO)C(O)C(O)C2O)C(=O)C1. The van der Waals surface area contributed by atoms with Gasteiger partial charge in [-0.15, -0.1) is 0 Å². The van der Waals surface area contributed by atoms with Crippen LogP contribution in [0.15, 0.2) is 22.8 Å². The first-order chi connectivity index (χ1) is 10.9. The maximum Gasteiger partial charge on any atom is 0.165 e. The van der Waals surface area contributed by atoms with Crippen molar-refractivity contribution >= 4 is 5.78 Å².